The minimum Gasteiger partial charge on any atom is -0.479 e. The molecule has 6 heteroatoms. The highest BCUT2D eigenvalue weighted by Crippen LogP contribution is 2.35. The number of carbonyl (C=O) groups excluding carboxylic acids is 2. The van der Waals surface area contributed by atoms with Crippen LogP contribution < -0.4 is 9.47 Å². The molecule has 2 heterocycles. The minimum atomic E-state index is -0.754. The average Bonchev–Trinajstić information content (AvgIpc) is 2.90. The molecule has 122 valence electrons. The zero-order valence-electron chi connectivity index (χ0n) is 13.2. The molecule has 1 aromatic carbocycles. The lowest BCUT2D eigenvalue weighted by atomic mass is 10.1. The van der Waals surface area contributed by atoms with Crippen LogP contribution in [0.3, 0.4) is 0 Å². The monoisotopic (exact) mass is 325 g/mol. The van der Waals surface area contributed by atoms with Crippen molar-refractivity contribution in [2.75, 3.05) is 7.11 Å². The summed E-state index contributed by atoms with van der Waals surface area (Å²) >= 11 is 0. The number of rotatable bonds is 4. The Morgan fingerprint density at radius 3 is 2.88 bits per heavy atom. The van der Waals surface area contributed by atoms with Gasteiger partial charge in [0.15, 0.2) is 11.9 Å². The van der Waals surface area contributed by atoms with E-state index in [4.69, 9.17) is 9.47 Å². The molecule has 2 aromatic rings. The molecule has 0 radical (unpaired) electrons. The third kappa shape index (κ3) is 3.12. The van der Waals surface area contributed by atoms with Gasteiger partial charge in [-0.15, -0.1) is 0 Å². The summed E-state index contributed by atoms with van der Waals surface area (Å²) in [6, 6.07) is 8.41. The zero-order chi connectivity index (χ0) is 17.1. The number of aromatic nitrogens is 1. The number of methoxy groups -OCH3 is 1. The Morgan fingerprint density at radius 1 is 1.33 bits per heavy atom. The van der Waals surface area contributed by atoms with Crippen molar-refractivity contribution in [3.8, 4) is 11.5 Å². The average molecular weight is 325 g/mol. The van der Waals surface area contributed by atoms with E-state index in [1.54, 1.807) is 49.7 Å². The lowest BCUT2D eigenvalue weighted by molar-refractivity contribution is -0.147. The zero-order valence-corrected chi connectivity index (χ0v) is 13.2. The highest BCUT2D eigenvalue weighted by atomic mass is 16.6. The van der Waals surface area contributed by atoms with Gasteiger partial charge in [-0.05, 0) is 36.8 Å². The molecule has 0 bridgehead atoms. The molecule has 1 aliphatic rings. The maximum atomic E-state index is 12.4. The summed E-state index contributed by atoms with van der Waals surface area (Å²) in [5, 5.41) is 0. The number of benzene rings is 1. The van der Waals surface area contributed by atoms with Crippen LogP contribution >= 0.6 is 0 Å². The minimum absolute atomic E-state index is 0.207. The molecule has 1 aromatic heterocycles. The van der Waals surface area contributed by atoms with Crippen LogP contribution in [0.1, 0.15) is 22.8 Å². The smallest absolute Gasteiger partial charge is 0.346 e. The first kappa shape index (κ1) is 15.7. The first-order valence-corrected chi connectivity index (χ1v) is 7.31. The number of Topliss-reactive ketones (excluding diaryl/α,β-unsaturated/α-hetero) is 1. The standard InChI is InChI=1S/C18H15NO5/c1-11(18(21)22-2)23-13-5-6-14-15(9-13)24-16(17(14)20)8-12-4-3-7-19-10-12/h3-11H,1-2H3. The molecule has 0 N–H and O–H groups in total. The number of ether oxygens (including phenoxy) is 3. The van der Waals surface area contributed by atoms with Gasteiger partial charge in [-0.2, -0.15) is 0 Å². The van der Waals surface area contributed by atoms with E-state index in [1.165, 1.54) is 7.11 Å². The lowest BCUT2D eigenvalue weighted by Gasteiger charge is -2.12. The van der Waals surface area contributed by atoms with Crippen molar-refractivity contribution in [3.63, 3.8) is 0 Å². The third-order valence-electron chi connectivity index (χ3n) is 3.47. The SMILES string of the molecule is COC(=O)C(C)Oc1ccc2c(c1)OC(=Cc1cccnc1)C2=O. The third-order valence-corrected chi connectivity index (χ3v) is 3.47. The first-order chi connectivity index (χ1) is 11.6. The fraction of sp³-hybridized carbons (Fsp3) is 0.167. The number of esters is 1. The first-order valence-electron chi connectivity index (χ1n) is 7.31. The molecule has 0 saturated heterocycles. The molecule has 0 spiro atoms. The van der Waals surface area contributed by atoms with Crippen LogP contribution in [0.25, 0.3) is 6.08 Å². The van der Waals surface area contributed by atoms with Gasteiger partial charge in [-0.1, -0.05) is 6.07 Å². The number of pyridine rings is 1. The van der Waals surface area contributed by atoms with Crippen LogP contribution in [-0.4, -0.2) is 30.0 Å². The van der Waals surface area contributed by atoms with Crippen LogP contribution in [-0.2, 0) is 9.53 Å². The summed E-state index contributed by atoms with van der Waals surface area (Å²) in [7, 11) is 1.29. The molecule has 1 aliphatic heterocycles. The fourth-order valence-corrected chi connectivity index (χ4v) is 2.27. The van der Waals surface area contributed by atoms with Crippen molar-refractivity contribution in [2.45, 2.75) is 13.0 Å². The summed E-state index contributed by atoms with van der Waals surface area (Å²) in [5.41, 5.74) is 1.22. The summed E-state index contributed by atoms with van der Waals surface area (Å²) in [4.78, 5) is 27.8. The van der Waals surface area contributed by atoms with E-state index >= 15 is 0 Å². The molecule has 0 amide bonds. The maximum absolute atomic E-state index is 12.4. The Labute approximate surface area is 138 Å². The Hall–Kier alpha value is -3.15. The van der Waals surface area contributed by atoms with Gasteiger partial charge in [0.1, 0.15) is 11.5 Å². The van der Waals surface area contributed by atoms with E-state index in [1.807, 2.05) is 6.07 Å². The van der Waals surface area contributed by atoms with Crippen molar-refractivity contribution in [1.82, 2.24) is 4.98 Å². The summed E-state index contributed by atoms with van der Waals surface area (Å²) in [6.45, 7) is 1.58. The van der Waals surface area contributed by atoms with Gasteiger partial charge in [0.25, 0.3) is 0 Å². The Bertz CT molecular complexity index is 813. The Morgan fingerprint density at radius 2 is 2.17 bits per heavy atom. The maximum Gasteiger partial charge on any atom is 0.346 e. The molecule has 1 unspecified atom stereocenters. The highest BCUT2D eigenvalue weighted by Gasteiger charge is 2.28. The molecule has 24 heavy (non-hydrogen) atoms. The number of hydrogen-bond acceptors (Lipinski definition) is 6. The van der Waals surface area contributed by atoms with Gasteiger partial charge in [0, 0.05) is 18.5 Å². The molecule has 3 rings (SSSR count). The molecule has 1 atom stereocenters. The number of nitrogens with zero attached hydrogens (tertiary/aromatic N) is 1. The predicted molar refractivity (Wildman–Crippen MR) is 85.7 cm³/mol. The number of hydrogen-bond donors (Lipinski definition) is 0. The molecule has 0 aliphatic carbocycles. The van der Waals surface area contributed by atoms with E-state index < -0.39 is 12.1 Å². The number of carbonyl (C=O) groups is 2. The van der Waals surface area contributed by atoms with E-state index in [2.05, 4.69) is 9.72 Å². The van der Waals surface area contributed by atoms with E-state index in [0.29, 0.717) is 17.1 Å². The van der Waals surface area contributed by atoms with Crippen LogP contribution in [0.2, 0.25) is 0 Å². The van der Waals surface area contributed by atoms with Crippen molar-refractivity contribution < 1.29 is 23.8 Å². The van der Waals surface area contributed by atoms with Crippen molar-refractivity contribution in [3.05, 3.63) is 59.6 Å². The second-order valence-corrected chi connectivity index (χ2v) is 5.17. The predicted octanol–water partition coefficient (Wildman–Crippen LogP) is 2.64. The van der Waals surface area contributed by atoms with E-state index in [9.17, 15) is 9.59 Å². The van der Waals surface area contributed by atoms with Crippen LogP contribution in [0.4, 0.5) is 0 Å². The normalized spacial score (nSPS) is 15.6. The lowest BCUT2D eigenvalue weighted by Crippen LogP contribution is -2.24. The van der Waals surface area contributed by atoms with Gasteiger partial charge in [-0.25, -0.2) is 4.79 Å². The van der Waals surface area contributed by atoms with E-state index in [0.717, 1.165) is 5.56 Å². The van der Waals surface area contributed by atoms with Crippen molar-refractivity contribution in [2.24, 2.45) is 0 Å². The van der Waals surface area contributed by atoms with Gasteiger partial charge in [0.05, 0.1) is 12.7 Å². The quantitative estimate of drug-likeness (QED) is 0.635. The Kier molecular flexibility index (Phi) is 4.29. The summed E-state index contributed by atoms with van der Waals surface area (Å²) in [6.07, 6.45) is 4.17. The highest BCUT2D eigenvalue weighted by molar-refractivity contribution is 6.14. The van der Waals surface area contributed by atoms with Crippen LogP contribution in [0.15, 0.2) is 48.5 Å². The summed E-state index contributed by atoms with van der Waals surface area (Å²) < 4.78 is 15.7. The molecule has 0 fully saturated rings. The van der Waals surface area contributed by atoms with Crippen molar-refractivity contribution >= 4 is 17.8 Å². The van der Waals surface area contributed by atoms with Crippen molar-refractivity contribution in [1.29, 1.82) is 0 Å². The largest absolute Gasteiger partial charge is 0.479 e. The van der Waals surface area contributed by atoms with Gasteiger partial charge >= 0.3 is 5.97 Å². The fourth-order valence-electron chi connectivity index (χ4n) is 2.27. The van der Waals surface area contributed by atoms with Gasteiger partial charge in [-0.3, -0.25) is 9.78 Å². The second kappa shape index (κ2) is 6.54. The Balaban J connectivity index is 1.82. The van der Waals surface area contributed by atoms with Crippen LogP contribution in [0, 0.1) is 0 Å². The second-order valence-electron chi connectivity index (χ2n) is 5.17. The number of fused-ring (bicyclic) bond motifs is 1. The van der Waals surface area contributed by atoms with Gasteiger partial charge < -0.3 is 14.2 Å². The number of allylic oxidation sites excluding steroid dienone is 1. The van der Waals surface area contributed by atoms with E-state index in [-0.39, 0.29) is 11.5 Å². The summed E-state index contributed by atoms with van der Waals surface area (Å²) in [5.74, 6) is 0.342. The van der Waals surface area contributed by atoms with Crippen LogP contribution in [0.5, 0.6) is 11.5 Å². The molecule has 6 nitrogen and oxygen atoms in total. The number of ketones is 1. The molecular weight excluding hydrogens is 310 g/mol. The molecule has 0 saturated carbocycles. The molecular formula is C18H15NO5. The topological polar surface area (TPSA) is 74.7 Å². The van der Waals surface area contributed by atoms with Gasteiger partial charge in [0.2, 0.25) is 5.78 Å².